The zero-order valence-electron chi connectivity index (χ0n) is 10.8. The van der Waals surface area contributed by atoms with Crippen LogP contribution < -0.4 is 0 Å². The molecule has 0 atom stereocenters. The average molecular weight is 338 g/mol. The first kappa shape index (κ1) is 14.3. The van der Waals surface area contributed by atoms with Crippen molar-refractivity contribution in [3.05, 3.63) is 57.8 Å². The minimum Gasteiger partial charge on any atom is -0.334 e. The number of amides is 1. The Morgan fingerprint density at radius 1 is 1.26 bits per heavy atom. The fraction of sp³-hybridized carbons (Fsp3) is 0.267. The summed E-state index contributed by atoms with van der Waals surface area (Å²) in [5.74, 6) is 0.0945. The number of carbonyl (C=O) groups excluding carboxylic acids is 1. The van der Waals surface area contributed by atoms with Crippen molar-refractivity contribution in [3.63, 3.8) is 0 Å². The summed E-state index contributed by atoms with van der Waals surface area (Å²) in [6.45, 7) is 3.42. The van der Waals surface area contributed by atoms with Gasteiger partial charge >= 0.3 is 0 Å². The quantitative estimate of drug-likeness (QED) is 0.744. The van der Waals surface area contributed by atoms with E-state index in [0.717, 1.165) is 17.4 Å². The van der Waals surface area contributed by atoms with Gasteiger partial charge in [-0.1, -0.05) is 34.1 Å². The fourth-order valence-corrected chi connectivity index (χ4v) is 2.93. The van der Waals surface area contributed by atoms with Crippen molar-refractivity contribution in [2.45, 2.75) is 18.8 Å². The molecule has 100 valence electrons. The summed E-state index contributed by atoms with van der Waals surface area (Å²) in [6, 6.07) is 11.9. The van der Waals surface area contributed by atoms with Crippen molar-refractivity contribution in [2.24, 2.45) is 0 Å². The van der Waals surface area contributed by atoms with E-state index in [1.165, 1.54) is 10.4 Å². The van der Waals surface area contributed by atoms with Gasteiger partial charge in [-0.05, 0) is 36.1 Å². The van der Waals surface area contributed by atoms with Crippen LogP contribution in [0.3, 0.4) is 0 Å². The van der Waals surface area contributed by atoms with Crippen LogP contribution >= 0.6 is 27.3 Å². The van der Waals surface area contributed by atoms with Crippen LogP contribution in [0.5, 0.6) is 0 Å². The molecular formula is C15H16BrNOS. The molecule has 0 aliphatic carbocycles. The van der Waals surface area contributed by atoms with E-state index in [1.54, 1.807) is 11.3 Å². The Labute approximate surface area is 126 Å². The van der Waals surface area contributed by atoms with E-state index in [1.807, 2.05) is 47.5 Å². The second-order valence-corrected chi connectivity index (χ2v) is 5.82. The standard InChI is InChI=1S/C15H16BrNOS/c1-2-17(11-14-4-3-9-19-14)15(18)13-7-5-12(10-16)6-8-13/h3-9H,2,10-11H2,1H3. The van der Waals surface area contributed by atoms with Crippen molar-refractivity contribution in [2.75, 3.05) is 6.54 Å². The Morgan fingerprint density at radius 2 is 2.00 bits per heavy atom. The summed E-state index contributed by atoms with van der Waals surface area (Å²) in [7, 11) is 0. The molecule has 0 N–H and O–H groups in total. The monoisotopic (exact) mass is 337 g/mol. The van der Waals surface area contributed by atoms with Crippen LogP contribution in [0.25, 0.3) is 0 Å². The van der Waals surface area contributed by atoms with Gasteiger partial charge in [0.05, 0.1) is 6.54 Å². The highest BCUT2D eigenvalue weighted by Crippen LogP contribution is 2.15. The van der Waals surface area contributed by atoms with E-state index in [2.05, 4.69) is 22.0 Å². The van der Waals surface area contributed by atoms with Gasteiger partial charge in [0.2, 0.25) is 0 Å². The number of hydrogen-bond acceptors (Lipinski definition) is 2. The zero-order valence-corrected chi connectivity index (χ0v) is 13.2. The minimum absolute atomic E-state index is 0.0945. The highest BCUT2D eigenvalue weighted by atomic mass is 79.9. The molecule has 4 heteroatoms. The maximum atomic E-state index is 12.4. The van der Waals surface area contributed by atoms with Crippen molar-refractivity contribution in [1.29, 1.82) is 0 Å². The van der Waals surface area contributed by atoms with Crippen LogP contribution in [-0.2, 0) is 11.9 Å². The number of benzene rings is 1. The topological polar surface area (TPSA) is 20.3 Å². The number of carbonyl (C=O) groups is 1. The molecule has 0 bridgehead atoms. The van der Waals surface area contributed by atoms with Gasteiger partial charge in [0.1, 0.15) is 0 Å². The third-order valence-electron chi connectivity index (χ3n) is 2.95. The molecule has 1 amide bonds. The Balaban J connectivity index is 2.10. The maximum absolute atomic E-state index is 12.4. The molecule has 0 aliphatic rings. The molecule has 0 radical (unpaired) electrons. The van der Waals surface area contributed by atoms with Crippen LogP contribution in [0.2, 0.25) is 0 Å². The molecule has 2 rings (SSSR count). The summed E-state index contributed by atoms with van der Waals surface area (Å²) in [4.78, 5) is 15.5. The molecule has 0 fully saturated rings. The Hall–Kier alpha value is -1.13. The number of nitrogens with zero attached hydrogens (tertiary/aromatic N) is 1. The zero-order chi connectivity index (χ0) is 13.7. The van der Waals surface area contributed by atoms with Crippen LogP contribution in [0.1, 0.15) is 27.7 Å². The lowest BCUT2D eigenvalue weighted by Gasteiger charge is -2.20. The predicted octanol–water partition coefficient (Wildman–Crippen LogP) is 4.31. The first-order valence-corrected chi connectivity index (χ1v) is 8.21. The molecular weight excluding hydrogens is 322 g/mol. The molecule has 0 aliphatic heterocycles. The molecule has 2 aromatic rings. The van der Waals surface area contributed by atoms with E-state index in [9.17, 15) is 4.79 Å². The predicted molar refractivity (Wildman–Crippen MR) is 83.8 cm³/mol. The van der Waals surface area contributed by atoms with Crippen LogP contribution in [0.15, 0.2) is 41.8 Å². The minimum atomic E-state index is 0.0945. The second kappa shape index (κ2) is 6.87. The molecule has 0 saturated carbocycles. The molecule has 1 aromatic carbocycles. The van der Waals surface area contributed by atoms with Gasteiger partial charge in [-0.15, -0.1) is 11.3 Å². The molecule has 19 heavy (non-hydrogen) atoms. The Kier molecular flexibility index (Phi) is 5.16. The largest absolute Gasteiger partial charge is 0.334 e. The summed E-state index contributed by atoms with van der Waals surface area (Å²) in [6.07, 6.45) is 0. The molecule has 0 spiro atoms. The first-order valence-electron chi connectivity index (χ1n) is 6.21. The van der Waals surface area contributed by atoms with Crippen molar-refractivity contribution in [3.8, 4) is 0 Å². The normalized spacial score (nSPS) is 10.4. The number of alkyl halides is 1. The second-order valence-electron chi connectivity index (χ2n) is 4.23. The maximum Gasteiger partial charge on any atom is 0.254 e. The van der Waals surface area contributed by atoms with E-state index >= 15 is 0 Å². The van der Waals surface area contributed by atoms with Gasteiger partial charge in [0.25, 0.3) is 5.91 Å². The molecule has 1 heterocycles. The summed E-state index contributed by atoms with van der Waals surface area (Å²) >= 11 is 5.09. The lowest BCUT2D eigenvalue weighted by molar-refractivity contribution is 0.0754. The molecule has 2 nitrogen and oxygen atoms in total. The average Bonchev–Trinajstić information content (AvgIpc) is 2.97. The SMILES string of the molecule is CCN(Cc1cccs1)C(=O)c1ccc(CBr)cc1. The van der Waals surface area contributed by atoms with Crippen molar-refractivity contribution < 1.29 is 4.79 Å². The summed E-state index contributed by atoms with van der Waals surface area (Å²) in [5, 5.41) is 2.85. The van der Waals surface area contributed by atoms with Gasteiger partial charge < -0.3 is 4.90 Å². The third kappa shape index (κ3) is 3.67. The summed E-state index contributed by atoms with van der Waals surface area (Å²) in [5.41, 5.74) is 1.93. The van der Waals surface area contributed by atoms with Crippen LogP contribution in [-0.4, -0.2) is 17.4 Å². The fourth-order valence-electron chi connectivity index (χ4n) is 1.84. The number of thiophene rings is 1. The van der Waals surface area contributed by atoms with Gasteiger partial charge in [-0.3, -0.25) is 4.79 Å². The van der Waals surface area contributed by atoms with Crippen LogP contribution in [0, 0.1) is 0 Å². The summed E-state index contributed by atoms with van der Waals surface area (Å²) < 4.78 is 0. The lowest BCUT2D eigenvalue weighted by atomic mass is 10.1. The third-order valence-corrected chi connectivity index (χ3v) is 4.46. The van der Waals surface area contributed by atoms with Crippen molar-refractivity contribution >= 4 is 33.2 Å². The smallest absolute Gasteiger partial charge is 0.254 e. The molecule has 1 aromatic heterocycles. The van der Waals surface area contributed by atoms with E-state index in [4.69, 9.17) is 0 Å². The highest BCUT2D eigenvalue weighted by Gasteiger charge is 2.14. The first-order chi connectivity index (χ1) is 9.24. The lowest BCUT2D eigenvalue weighted by Crippen LogP contribution is -2.29. The molecule has 0 unspecified atom stereocenters. The highest BCUT2D eigenvalue weighted by molar-refractivity contribution is 9.08. The van der Waals surface area contributed by atoms with Crippen LogP contribution in [0.4, 0.5) is 0 Å². The number of hydrogen-bond donors (Lipinski definition) is 0. The van der Waals surface area contributed by atoms with Crippen molar-refractivity contribution in [1.82, 2.24) is 4.90 Å². The van der Waals surface area contributed by atoms with Gasteiger partial charge in [-0.25, -0.2) is 0 Å². The van der Waals surface area contributed by atoms with Gasteiger partial charge in [0, 0.05) is 22.3 Å². The molecule has 0 saturated heterocycles. The van der Waals surface area contributed by atoms with E-state index in [-0.39, 0.29) is 5.91 Å². The Bertz CT molecular complexity index is 522. The van der Waals surface area contributed by atoms with Gasteiger partial charge in [-0.2, -0.15) is 0 Å². The Morgan fingerprint density at radius 3 is 2.53 bits per heavy atom. The number of rotatable bonds is 5. The van der Waals surface area contributed by atoms with Gasteiger partial charge in [0.15, 0.2) is 0 Å². The van der Waals surface area contributed by atoms with E-state index < -0.39 is 0 Å². The van der Waals surface area contributed by atoms with E-state index in [0.29, 0.717) is 6.54 Å². The number of halogens is 1.